The molecule has 1 aliphatic carbocycles. The number of carbonyl (C=O) groups excluding carboxylic acids is 2. The van der Waals surface area contributed by atoms with Gasteiger partial charge in [0.1, 0.15) is 0 Å². The minimum absolute atomic E-state index is 0.0433. The van der Waals surface area contributed by atoms with Crippen molar-refractivity contribution in [3.05, 3.63) is 51.7 Å². The number of aromatic hydroxyl groups is 1. The smallest absolute Gasteiger partial charge is 0.378 e. The van der Waals surface area contributed by atoms with Crippen molar-refractivity contribution in [3.8, 4) is 5.88 Å². The molecule has 0 saturated heterocycles. The van der Waals surface area contributed by atoms with E-state index in [2.05, 4.69) is 15.5 Å². The highest BCUT2D eigenvalue weighted by Crippen LogP contribution is 2.21. The van der Waals surface area contributed by atoms with Crippen molar-refractivity contribution in [1.82, 2.24) is 29.6 Å². The average Bonchev–Trinajstić information content (AvgIpc) is 3.32. The zero-order valence-electron chi connectivity index (χ0n) is 19.8. The Kier molecular flexibility index (Phi) is 6.27. The molecule has 0 aliphatic heterocycles. The third kappa shape index (κ3) is 4.73. The van der Waals surface area contributed by atoms with Gasteiger partial charge in [-0.15, -0.1) is 0 Å². The van der Waals surface area contributed by atoms with Crippen molar-refractivity contribution in [3.63, 3.8) is 0 Å². The second-order valence-electron chi connectivity index (χ2n) is 9.15. The highest BCUT2D eigenvalue weighted by Gasteiger charge is 2.34. The van der Waals surface area contributed by atoms with E-state index >= 15 is 0 Å². The van der Waals surface area contributed by atoms with Crippen LogP contribution < -0.4 is 15.4 Å². The molecule has 0 radical (unpaired) electrons. The predicted molar refractivity (Wildman–Crippen MR) is 124 cm³/mol. The Morgan fingerprint density at radius 2 is 2.15 bits per heavy atom. The molecule has 180 valence electrons. The Morgan fingerprint density at radius 1 is 1.41 bits per heavy atom. The van der Waals surface area contributed by atoms with E-state index in [1.54, 1.807) is 24.0 Å². The molecule has 0 atom stereocenters. The molecule has 0 unspecified atom stereocenters. The molecule has 34 heavy (non-hydrogen) atoms. The number of carbonyl (C=O) groups is 2. The van der Waals surface area contributed by atoms with Gasteiger partial charge < -0.3 is 15.3 Å². The van der Waals surface area contributed by atoms with Crippen molar-refractivity contribution >= 4 is 23.5 Å². The van der Waals surface area contributed by atoms with E-state index in [0.717, 1.165) is 18.5 Å². The van der Waals surface area contributed by atoms with Gasteiger partial charge in [0.2, 0.25) is 11.5 Å². The Morgan fingerprint density at radius 3 is 2.76 bits per heavy atom. The SMILES string of the molecule is CC(C)C[n+]1c(O)c(C(=O)NC2CC2)c(=O)n2[nH]cc(/C=C/C(=O)N(C)Cc3ccn(C)n3)c21. The van der Waals surface area contributed by atoms with Gasteiger partial charge in [-0.05, 0) is 30.9 Å². The molecule has 11 heteroatoms. The summed E-state index contributed by atoms with van der Waals surface area (Å²) in [5.41, 5.74) is 0.719. The lowest BCUT2D eigenvalue weighted by Gasteiger charge is -2.13. The Hall–Kier alpha value is -3.89. The van der Waals surface area contributed by atoms with Crippen molar-refractivity contribution < 1.29 is 19.3 Å². The lowest BCUT2D eigenvalue weighted by Crippen LogP contribution is -2.46. The van der Waals surface area contributed by atoms with E-state index in [1.165, 1.54) is 20.1 Å². The average molecular weight is 469 g/mol. The predicted octanol–water partition coefficient (Wildman–Crippen LogP) is 0.574. The Balaban J connectivity index is 1.68. The third-order valence-electron chi connectivity index (χ3n) is 5.61. The normalized spacial score (nSPS) is 13.8. The van der Waals surface area contributed by atoms with Gasteiger partial charge in [0, 0.05) is 32.4 Å². The van der Waals surface area contributed by atoms with Crippen LogP contribution in [0.5, 0.6) is 5.88 Å². The first kappa shape index (κ1) is 23.3. The van der Waals surface area contributed by atoms with Crippen LogP contribution in [-0.2, 0) is 24.9 Å². The quantitative estimate of drug-likeness (QED) is 0.329. The second-order valence-corrected chi connectivity index (χ2v) is 9.15. The summed E-state index contributed by atoms with van der Waals surface area (Å²) in [4.78, 5) is 39.9. The lowest BCUT2D eigenvalue weighted by molar-refractivity contribution is -0.686. The molecule has 3 N–H and O–H groups in total. The number of hydrogen-bond acceptors (Lipinski definition) is 5. The highest BCUT2D eigenvalue weighted by molar-refractivity contribution is 5.96. The summed E-state index contributed by atoms with van der Waals surface area (Å²) in [6.45, 7) is 4.66. The molecule has 0 bridgehead atoms. The first-order valence-electron chi connectivity index (χ1n) is 11.3. The van der Waals surface area contributed by atoms with Gasteiger partial charge in [-0.3, -0.25) is 14.3 Å². The van der Waals surface area contributed by atoms with Crippen molar-refractivity contribution in [2.24, 2.45) is 13.0 Å². The van der Waals surface area contributed by atoms with Gasteiger partial charge in [-0.2, -0.15) is 9.67 Å². The lowest BCUT2D eigenvalue weighted by atomic mass is 10.2. The number of nitrogens with one attached hydrogen (secondary N) is 2. The zero-order chi connectivity index (χ0) is 24.6. The summed E-state index contributed by atoms with van der Waals surface area (Å²) >= 11 is 0. The van der Waals surface area contributed by atoms with Crippen LogP contribution in [0.15, 0.2) is 29.3 Å². The molecule has 4 rings (SSSR count). The summed E-state index contributed by atoms with van der Waals surface area (Å²) in [6, 6.07) is 1.88. The number of fused-ring (bicyclic) bond motifs is 1. The molecule has 3 aromatic rings. The van der Waals surface area contributed by atoms with Gasteiger partial charge in [-0.25, -0.2) is 9.89 Å². The van der Waals surface area contributed by atoms with Crippen LogP contribution in [0.1, 0.15) is 48.3 Å². The van der Waals surface area contributed by atoms with E-state index < -0.39 is 11.5 Å². The van der Waals surface area contributed by atoms with Crippen molar-refractivity contribution in [2.75, 3.05) is 7.05 Å². The first-order valence-corrected chi connectivity index (χ1v) is 11.3. The third-order valence-corrected chi connectivity index (χ3v) is 5.61. The molecule has 0 aromatic carbocycles. The van der Waals surface area contributed by atoms with Gasteiger partial charge in [0.15, 0.2) is 0 Å². The molecular formula is C23H30N7O4+. The molecule has 1 aliphatic rings. The monoisotopic (exact) mass is 468 g/mol. The fourth-order valence-electron chi connectivity index (χ4n) is 3.76. The summed E-state index contributed by atoms with van der Waals surface area (Å²) in [5.74, 6) is -1.10. The highest BCUT2D eigenvalue weighted by atomic mass is 16.3. The van der Waals surface area contributed by atoms with Crippen molar-refractivity contribution in [2.45, 2.75) is 45.8 Å². The Bertz CT molecular complexity index is 1330. The van der Waals surface area contributed by atoms with Crippen LogP contribution in [-0.4, -0.2) is 54.3 Å². The number of aromatic nitrogens is 5. The van der Waals surface area contributed by atoms with E-state index in [1.807, 2.05) is 33.2 Å². The topological polar surface area (TPSA) is 129 Å². The maximum atomic E-state index is 13.1. The van der Waals surface area contributed by atoms with Crippen LogP contribution >= 0.6 is 0 Å². The van der Waals surface area contributed by atoms with E-state index in [-0.39, 0.29) is 29.3 Å². The maximum Gasteiger partial charge on any atom is 0.378 e. The molecule has 3 aromatic heterocycles. The van der Waals surface area contributed by atoms with E-state index in [0.29, 0.717) is 24.3 Å². The molecule has 3 heterocycles. The van der Waals surface area contributed by atoms with E-state index in [4.69, 9.17) is 0 Å². The van der Waals surface area contributed by atoms with Crippen LogP contribution in [0.4, 0.5) is 0 Å². The molecule has 1 saturated carbocycles. The molecule has 0 spiro atoms. The summed E-state index contributed by atoms with van der Waals surface area (Å²) < 4.78 is 4.43. The number of aromatic amines is 1. The first-order chi connectivity index (χ1) is 16.2. The number of likely N-dealkylation sites (N-methyl/N-ethyl adjacent to an activating group) is 1. The van der Waals surface area contributed by atoms with Gasteiger partial charge in [0.25, 0.3) is 5.91 Å². The largest absolute Gasteiger partial charge is 0.477 e. The summed E-state index contributed by atoms with van der Waals surface area (Å²) in [5, 5.41) is 20.9. The van der Waals surface area contributed by atoms with Crippen molar-refractivity contribution in [1.29, 1.82) is 0 Å². The zero-order valence-corrected chi connectivity index (χ0v) is 19.8. The summed E-state index contributed by atoms with van der Waals surface area (Å²) in [7, 11) is 3.49. The number of nitrogens with zero attached hydrogens (tertiary/aromatic N) is 5. The van der Waals surface area contributed by atoms with E-state index in [9.17, 15) is 19.5 Å². The number of H-pyrrole nitrogens is 1. The number of aryl methyl sites for hydroxylation is 1. The molecule has 1 fully saturated rings. The number of hydrogen-bond donors (Lipinski definition) is 3. The Labute approximate surface area is 196 Å². The molecule has 11 nitrogen and oxygen atoms in total. The maximum absolute atomic E-state index is 13.1. The van der Waals surface area contributed by atoms with Crippen LogP contribution in [0, 0.1) is 5.92 Å². The van der Waals surface area contributed by atoms with Crippen LogP contribution in [0.3, 0.4) is 0 Å². The molecular weight excluding hydrogens is 438 g/mol. The second kappa shape index (κ2) is 9.16. The minimum Gasteiger partial charge on any atom is -0.477 e. The minimum atomic E-state index is -0.649. The van der Waals surface area contributed by atoms with Gasteiger partial charge in [0.05, 0.1) is 30.5 Å². The van der Waals surface area contributed by atoms with Crippen LogP contribution in [0.2, 0.25) is 0 Å². The van der Waals surface area contributed by atoms with Crippen LogP contribution in [0.25, 0.3) is 11.7 Å². The molecule has 2 amide bonds. The number of amides is 2. The van der Waals surface area contributed by atoms with Gasteiger partial charge in [-0.1, -0.05) is 18.4 Å². The fourth-order valence-corrected chi connectivity index (χ4v) is 3.76. The summed E-state index contributed by atoms with van der Waals surface area (Å²) in [6.07, 6.45) is 8.10. The fraction of sp³-hybridized carbons (Fsp3) is 0.435. The van der Waals surface area contributed by atoms with Gasteiger partial charge >= 0.3 is 17.1 Å². The standard InChI is InChI=1S/C23H29N7O4/c1-14(2)12-29-21-15(5-8-18(31)27(3)13-17-9-10-28(4)26-17)11-24-30(21)23(34)19(22(29)33)20(32)25-16-6-7-16/h5,8-11,14,16H,6-7,12-13H2,1-4H3,(H2,25,32,33,34)/p+1/b8-5+. The number of rotatable bonds is 8.